The summed E-state index contributed by atoms with van der Waals surface area (Å²) in [5.41, 5.74) is 8.92. The summed E-state index contributed by atoms with van der Waals surface area (Å²) in [4.78, 5) is 4.17. The summed E-state index contributed by atoms with van der Waals surface area (Å²) in [7, 11) is 0. The molecule has 10 N–H and O–H groups in total. The summed E-state index contributed by atoms with van der Waals surface area (Å²) in [6.45, 7) is 0.483. The summed E-state index contributed by atoms with van der Waals surface area (Å²) in [5.74, 6) is 0.422. The van der Waals surface area contributed by atoms with Crippen molar-refractivity contribution in [2.24, 2.45) is 10.7 Å². The lowest BCUT2D eigenvalue weighted by atomic mass is 10.3. The fourth-order valence-electron chi connectivity index (χ4n) is 1.72. The summed E-state index contributed by atoms with van der Waals surface area (Å²) >= 11 is 4.36. The van der Waals surface area contributed by atoms with Crippen molar-refractivity contribution in [1.82, 2.24) is 21.1 Å². The minimum absolute atomic E-state index is 0. The quantitative estimate of drug-likeness (QED) is 0.0986. The van der Waals surface area contributed by atoms with Gasteiger partial charge in [-0.15, -0.1) is 0 Å². The molecule has 0 aliphatic carbocycles. The fraction of sp³-hybridized carbons (Fsp3) is 0.154. The van der Waals surface area contributed by atoms with E-state index in [1.807, 2.05) is 5.48 Å². The van der Waals surface area contributed by atoms with Crippen LogP contribution in [0.15, 0.2) is 49.3 Å². The van der Waals surface area contributed by atoms with E-state index in [-0.39, 0.29) is 21.5 Å². The van der Waals surface area contributed by atoms with Crippen LogP contribution in [-0.2, 0) is 0 Å². The van der Waals surface area contributed by atoms with Gasteiger partial charge in [-0.2, -0.15) is 5.48 Å². The van der Waals surface area contributed by atoms with Crippen LogP contribution < -0.4 is 22.0 Å². The molecule has 27 heavy (non-hydrogen) atoms. The third-order valence-corrected chi connectivity index (χ3v) is 4.41. The third kappa shape index (κ3) is 6.78. The van der Waals surface area contributed by atoms with Crippen LogP contribution in [0.2, 0.25) is 0 Å². The van der Waals surface area contributed by atoms with Crippen molar-refractivity contribution in [3.8, 4) is 0 Å². The number of hydroxylamine groups is 2. The Balaban J connectivity index is 0.00000364. The second kappa shape index (κ2) is 11.5. The maximum atomic E-state index is 13.3. The van der Waals surface area contributed by atoms with Crippen LogP contribution in [-0.4, -0.2) is 44.3 Å². The zero-order valence-electron chi connectivity index (χ0n) is 13.7. The van der Waals surface area contributed by atoms with E-state index in [2.05, 4.69) is 36.6 Å². The number of aliphatic imine (C=N–C) groups is 1. The normalized spacial score (nSPS) is 11.9. The lowest BCUT2D eigenvalue weighted by Gasteiger charge is -2.05. The Morgan fingerprint density at radius 3 is 2.93 bits per heavy atom. The summed E-state index contributed by atoms with van der Waals surface area (Å²) in [6, 6.07) is 4.13. The second-order valence-electron chi connectivity index (χ2n) is 4.63. The van der Waals surface area contributed by atoms with Gasteiger partial charge < -0.3 is 16.5 Å². The number of quaternary nitrogens is 1. The first-order valence-electron chi connectivity index (χ1n) is 7.11. The molecule has 0 saturated heterocycles. The Bertz CT molecular complexity index is 805. The van der Waals surface area contributed by atoms with Crippen LogP contribution in [0.4, 0.5) is 10.1 Å². The molecule has 0 fully saturated rings. The highest BCUT2D eigenvalue weighted by atomic mass is 79.9. The Labute approximate surface area is 165 Å². The van der Waals surface area contributed by atoms with Gasteiger partial charge in [-0.25, -0.2) is 19.2 Å². The molecule has 0 bridgehead atoms. The molecule has 0 spiro atoms. The number of nitrogens with two attached hydrogens (primary N) is 2. The number of thioether (sulfide) groups is 1. The number of halogens is 2. The monoisotopic (exact) mass is 466 g/mol. The molecule has 0 saturated carbocycles. The zero-order valence-corrected chi connectivity index (χ0v) is 16.1. The molecule has 0 unspecified atom stereocenters. The van der Waals surface area contributed by atoms with E-state index >= 15 is 0 Å². The number of nitrogens with one attached hydrogen (secondary N) is 2. The molecule has 2 aromatic rings. The van der Waals surface area contributed by atoms with Crippen molar-refractivity contribution < 1.29 is 30.4 Å². The van der Waals surface area contributed by atoms with E-state index in [1.165, 1.54) is 36.2 Å². The smallest absolute Gasteiger partial charge is 0.186 e. The molecule has 0 aliphatic heterocycles. The molecule has 1 aromatic carbocycles. The van der Waals surface area contributed by atoms with E-state index in [4.69, 9.17) is 15.6 Å². The average molecular weight is 467 g/mol. The molecule has 1 aromatic heterocycles. The lowest BCUT2D eigenvalue weighted by molar-refractivity contribution is -0.839. The van der Waals surface area contributed by atoms with Crippen molar-refractivity contribution in [3.63, 3.8) is 0 Å². The molecule has 148 valence electrons. The predicted molar refractivity (Wildman–Crippen MR) is 97.8 cm³/mol. The first-order chi connectivity index (χ1) is 12.5. The molecule has 1 heterocycles. The highest BCUT2D eigenvalue weighted by Crippen LogP contribution is 2.24. The van der Waals surface area contributed by atoms with Gasteiger partial charge in [0.15, 0.2) is 28.6 Å². The van der Waals surface area contributed by atoms with Gasteiger partial charge in [-0.05, 0) is 44.4 Å². The SMILES string of the molecule is N/C(=C\[NH2+]O)NCCSc1nonc1C(=Nc1ccc(F)c(Br)c1)NO.O. The van der Waals surface area contributed by atoms with Gasteiger partial charge in [0.05, 0.1) is 10.2 Å². The fourth-order valence-corrected chi connectivity index (χ4v) is 2.84. The topological polar surface area (TPSA) is 190 Å². The van der Waals surface area contributed by atoms with Crippen molar-refractivity contribution in [2.45, 2.75) is 5.03 Å². The Morgan fingerprint density at radius 2 is 2.26 bits per heavy atom. The van der Waals surface area contributed by atoms with Crippen LogP contribution in [0.1, 0.15) is 5.69 Å². The van der Waals surface area contributed by atoms with Gasteiger partial charge in [0.1, 0.15) is 5.82 Å². The molecule has 0 atom stereocenters. The van der Waals surface area contributed by atoms with Crippen LogP contribution in [0.25, 0.3) is 0 Å². The van der Waals surface area contributed by atoms with Crippen LogP contribution in [0.3, 0.4) is 0 Å². The summed E-state index contributed by atoms with van der Waals surface area (Å²) in [5, 5.41) is 28.7. The maximum absolute atomic E-state index is 13.3. The summed E-state index contributed by atoms with van der Waals surface area (Å²) in [6.07, 6.45) is 1.31. The second-order valence-corrected chi connectivity index (χ2v) is 6.57. The van der Waals surface area contributed by atoms with Crippen LogP contribution >= 0.6 is 27.7 Å². The van der Waals surface area contributed by atoms with E-state index in [1.54, 1.807) is 0 Å². The van der Waals surface area contributed by atoms with Gasteiger partial charge in [0, 0.05) is 12.3 Å². The zero-order chi connectivity index (χ0) is 18.9. The number of amidine groups is 1. The Kier molecular flexibility index (Phi) is 9.70. The number of nitrogens with zero attached hydrogens (tertiary/aromatic N) is 3. The summed E-state index contributed by atoms with van der Waals surface area (Å²) < 4.78 is 18.2. The van der Waals surface area contributed by atoms with E-state index < -0.39 is 5.82 Å². The molecular formula is C13H18BrFN7O4S+. The van der Waals surface area contributed by atoms with Gasteiger partial charge in [0.2, 0.25) is 0 Å². The largest absolute Gasteiger partial charge is 0.412 e. The minimum Gasteiger partial charge on any atom is -0.412 e. The average Bonchev–Trinajstić information content (AvgIpc) is 3.08. The Morgan fingerprint density at radius 1 is 1.48 bits per heavy atom. The van der Waals surface area contributed by atoms with Crippen LogP contribution in [0, 0.1) is 5.82 Å². The van der Waals surface area contributed by atoms with E-state index in [0.717, 1.165) is 5.48 Å². The van der Waals surface area contributed by atoms with Crippen molar-refractivity contribution in [1.29, 1.82) is 0 Å². The van der Waals surface area contributed by atoms with Crippen LogP contribution in [0.5, 0.6) is 0 Å². The molecular weight excluding hydrogens is 449 g/mol. The molecule has 0 amide bonds. The first-order valence-corrected chi connectivity index (χ1v) is 8.89. The minimum atomic E-state index is -0.429. The standard InChI is InChI=1S/C13H15BrFN7O3S.H2O/c14-8-5-7(1-2-9(8)15)19-12(20-24)11-13(22-25-21-11)26-4-3-17-10(16)6-18-23;/h1-2,5-6,17-18,23-24H,3-4,16H2,(H,19,20);1H2/p+1/b10-6+;. The molecule has 11 nitrogen and oxygen atoms in total. The molecule has 0 aliphatic rings. The highest BCUT2D eigenvalue weighted by molar-refractivity contribution is 9.10. The molecule has 0 radical (unpaired) electrons. The number of hydrogen-bond acceptors (Lipinski definition) is 9. The van der Waals surface area contributed by atoms with Gasteiger partial charge in [-0.1, -0.05) is 11.8 Å². The first kappa shape index (κ1) is 22.8. The highest BCUT2D eigenvalue weighted by Gasteiger charge is 2.17. The predicted octanol–water partition coefficient (Wildman–Crippen LogP) is -0.404. The number of hydrogen-bond donors (Lipinski definition) is 6. The van der Waals surface area contributed by atoms with Gasteiger partial charge in [-0.3, -0.25) is 10.7 Å². The Hall–Kier alpha value is -2.23. The van der Waals surface area contributed by atoms with Gasteiger partial charge in [0.25, 0.3) is 0 Å². The van der Waals surface area contributed by atoms with Crippen molar-refractivity contribution >= 4 is 39.2 Å². The third-order valence-electron chi connectivity index (χ3n) is 2.86. The molecule has 2 rings (SSSR count). The number of aromatic nitrogens is 2. The lowest BCUT2D eigenvalue weighted by Crippen LogP contribution is -2.74. The van der Waals surface area contributed by atoms with Crippen molar-refractivity contribution in [2.75, 3.05) is 12.3 Å². The maximum Gasteiger partial charge on any atom is 0.186 e. The van der Waals surface area contributed by atoms with Crippen molar-refractivity contribution in [3.05, 3.63) is 46.2 Å². The van der Waals surface area contributed by atoms with Gasteiger partial charge >= 0.3 is 0 Å². The van der Waals surface area contributed by atoms with E-state index in [0.29, 0.717) is 28.8 Å². The number of rotatable bonds is 8. The van der Waals surface area contributed by atoms with E-state index in [9.17, 15) is 9.60 Å². The molecule has 14 heteroatoms. The number of benzene rings is 1.